The minimum atomic E-state index is -1.04. The molecule has 29 heavy (non-hydrogen) atoms. The van der Waals surface area contributed by atoms with Crippen LogP contribution in [0.1, 0.15) is 11.1 Å². The lowest BCUT2D eigenvalue weighted by Gasteiger charge is -2.16. The van der Waals surface area contributed by atoms with Gasteiger partial charge in [0.05, 0.1) is 4.92 Å². The molecule has 0 heterocycles. The molecule has 0 bridgehead atoms. The fourth-order valence-electron chi connectivity index (χ4n) is 2.38. The number of nitrogens with two attached hydrogens (primary N) is 1. The fraction of sp³-hybridized carbons (Fsp3) is 0.211. The minimum Gasteiger partial charge on any atom is -0.445 e. The number of carbonyl (C=O) groups is 3. The fourth-order valence-corrected chi connectivity index (χ4v) is 2.38. The summed E-state index contributed by atoms with van der Waals surface area (Å²) in [5.41, 5.74) is 6.59. The molecule has 10 heteroatoms. The zero-order valence-corrected chi connectivity index (χ0v) is 15.4. The van der Waals surface area contributed by atoms with E-state index >= 15 is 0 Å². The van der Waals surface area contributed by atoms with E-state index in [-0.39, 0.29) is 18.7 Å². The number of ether oxygens (including phenoxy) is 1. The van der Waals surface area contributed by atoms with E-state index in [2.05, 4.69) is 10.6 Å². The number of carbonyl (C=O) groups excluding carboxylic acids is 3. The second-order valence-corrected chi connectivity index (χ2v) is 6.07. The van der Waals surface area contributed by atoms with Crippen LogP contribution in [0.15, 0.2) is 54.6 Å². The standard InChI is InChI=1S/C19H20N4O6/c20-18(25)16(10-13-6-8-15(9-7-13)23(27)28)22-17(24)11-21-19(26)29-12-14-4-2-1-3-5-14/h1-9,16H,10-12H2,(H2,20,25)(H,21,26)(H,22,24)/t16-/m0/s1. The van der Waals surface area contributed by atoms with Gasteiger partial charge in [-0.1, -0.05) is 42.5 Å². The quantitative estimate of drug-likeness (QED) is 0.422. The molecule has 0 unspecified atom stereocenters. The molecule has 2 rings (SSSR count). The van der Waals surface area contributed by atoms with Crippen LogP contribution in [0.5, 0.6) is 0 Å². The normalized spacial score (nSPS) is 11.2. The molecule has 0 aliphatic heterocycles. The number of nitro groups is 1. The van der Waals surface area contributed by atoms with Crippen LogP contribution in [0.25, 0.3) is 0 Å². The number of nitrogens with one attached hydrogen (secondary N) is 2. The monoisotopic (exact) mass is 400 g/mol. The topological polar surface area (TPSA) is 154 Å². The molecule has 0 aromatic heterocycles. The van der Waals surface area contributed by atoms with Gasteiger partial charge in [-0.05, 0) is 11.1 Å². The van der Waals surface area contributed by atoms with Crippen LogP contribution in [0.2, 0.25) is 0 Å². The van der Waals surface area contributed by atoms with Gasteiger partial charge in [0.15, 0.2) is 0 Å². The first kappa shape index (κ1) is 21.4. The Morgan fingerprint density at radius 3 is 2.28 bits per heavy atom. The van der Waals surface area contributed by atoms with Crippen molar-refractivity contribution in [2.75, 3.05) is 6.54 Å². The van der Waals surface area contributed by atoms with Crippen LogP contribution in [0, 0.1) is 10.1 Å². The highest BCUT2D eigenvalue weighted by Gasteiger charge is 2.19. The molecule has 4 N–H and O–H groups in total. The molecular formula is C19H20N4O6. The summed E-state index contributed by atoms with van der Waals surface area (Å²) in [6, 6.07) is 13.5. The summed E-state index contributed by atoms with van der Waals surface area (Å²) >= 11 is 0. The SMILES string of the molecule is NC(=O)[C@H](Cc1ccc([N+](=O)[O-])cc1)NC(=O)CNC(=O)OCc1ccccc1. The minimum absolute atomic E-state index is 0.0531. The summed E-state index contributed by atoms with van der Waals surface area (Å²) in [4.78, 5) is 45.4. The van der Waals surface area contributed by atoms with Crippen LogP contribution in [0.4, 0.5) is 10.5 Å². The molecule has 0 radical (unpaired) electrons. The van der Waals surface area contributed by atoms with Gasteiger partial charge in [0.2, 0.25) is 11.8 Å². The van der Waals surface area contributed by atoms with E-state index in [4.69, 9.17) is 10.5 Å². The first-order valence-corrected chi connectivity index (χ1v) is 8.61. The van der Waals surface area contributed by atoms with Gasteiger partial charge in [-0.15, -0.1) is 0 Å². The summed E-state index contributed by atoms with van der Waals surface area (Å²) < 4.78 is 4.98. The van der Waals surface area contributed by atoms with Crippen molar-refractivity contribution in [1.82, 2.24) is 10.6 Å². The Bertz CT molecular complexity index is 870. The molecule has 0 saturated heterocycles. The average molecular weight is 400 g/mol. The number of hydrogen-bond acceptors (Lipinski definition) is 6. The molecule has 3 amide bonds. The lowest BCUT2D eigenvalue weighted by atomic mass is 10.0. The van der Waals surface area contributed by atoms with Crippen molar-refractivity contribution >= 4 is 23.6 Å². The third-order valence-corrected chi connectivity index (χ3v) is 3.87. The van der Waals surface area contributed by atoms with E-state index in [1.807, 2.05) is 6.07 Å². The predicted molar refractivity (Wildman–Crippen MR) is 103 cm³/mol. The lowest BCUT2D eigenvalue weighted by molar-refractivity contribution is -0.384. The highest BCUT2D eigenvalue weighted by atomic mass is 16.6. The summed E-state index contributed by atoms with van der Waals surface area (Å²) in [5, 5.41) is 15.4. The Hall–Kier alpha value is -3.95. The van der Waals surface area contributed by atoms with Gasteiger partial charge in [0.25, 0.3) is 5.69 Å². The number of alkyl carbamates (subject to hydrolysis) is 1. The molecule has 10 nitrogen and oxygen atoms in total. The number of primary amides is 1. The zero-order valence-electron chi connectivity index (χ0n) is 15.4. The Balaban J connectivity index is 1.80. The second kappa shape index (κ2) is 10.4. The Labute approximate surface area is 166 Å². The second-order valence-electron chi connectivity index (χ2n) is 6.07. The smallest absolute Gasteiger partial charge is 0.407 e. The first-order chi connectivity index (χ1) is 13.8. The number of nitro benzene ring substituents is 1. The van der Waals surface area contributed by atoms with Crippen molar-refractivity contribution in [2.24, 2.45) is 5.73 Å². The van der Waals surface area contributed by atoms with Crippen LogP contribution >= 0.6 is 0 Å². The Morgan fingerprint density at radius 2 is 1.69 bits per heavy atom. The lowest BCUT2D eigenvalue weighted by Crippen LogP contribution is -2.49. The third kappa shape index (κ3) is 7.29. The van der Waals surface area contributed by atoms with Crippen molar-refractivity contribution < 1.29 is 24.0 Å². The number of rotatable bonds is 9. The number of benzene rings is 2. The number of nitrogens with zero attached hydrogens (tertiary/aromatic N) is 1. The van der Waals surface area contributed by atoms with Crippen molar-refractivity contribution in [1.29, 1.82) is 0 Å². The van der Waals surface area contributed by atoms with E-state index in [9.17, 15) is 24.5 Å². The highest BCUT2D eigenvalue weighted by Crippen LogP contribution is 2.13. The molecular weight excluding hydrogens is 380 g/mol. The van der Waals surface area contributed by atoms with Gasteiger partial charge in [-0.2, -0.15) is 0 Å². The van der Waals surface area contributed by atoms with E-state index in [1.165, 1.54) is 24.3 Å². The molecule has 0 aliphatic carbocycles. The average Bonchev–Trinajstić information content (AvgIpc) is 2.71. The van der Waals surface area contributed by atoms with Gasteiger partial charge in [-0.25, -0.2) is 4.79 Å². The predicted octanol–water partition coefficient (Wildman–Crippen LogP) is 1.03. The highest BCUT2D eigenvalue weighted by molar-refractivity contribution is 5.88. The maximum absolute atomic E-state index is 12.0. The van der Waals surface area contributed by atoms with E-state index in [0.29, 0.717) is 5.56 Å². The van der Waals surface area contributed by atoms with E-state index in [0.717, 1.165) is 5.56 Å². The van der Waals surface area contributed by atoms with Crippen molar-refractivity contribution in [3.8, 4) is 0 Å². The van der Waals surface area contributed by atoms with Crippen LogP contribution in [-0.2, 0) is 27.4 Å². The largest absolute Gasteiger partial charge is 0.445 e. The molecule has 0 fully saturated rings. The van der Waals surface area contributed by atoms with Gasteiger partial charge in [0, 0.05) is 18.6 Å². The molecule has 0 spiro atoms. The van der Waals surface area contributed by atoms with Crippen LogP contribution < -0.4 is 16.4 Å². The van der Waals surface area contributed by atoms with Crippen molar-refractivity contribution in [2.45, 2.75) is 19.1 Å². The van der Waals surface area contributed by atoms with Gasteiger partial charge >= 0.3 is 6.09 Å². The van der Waals surface area contributed by atoms with Gasteiger partial charge in [-0.3, -0.25) is 19.7 Å². The van der Waals surface area contributed by atoms with Crippen molar-refractivity contribution in [3.05, 3.63) is 75.8 Å². The Kier molecular flexibility index (Phi) is 7.66. The zero-order chi connectivity index (χ0) is 21.2. The molecule has 1 atom stereocenters. The van der Waals surface area contributed by atoms with Crippen molar-refractivity contribution in [3.63, 3.8) is 0 Å². The van der Waals surface area contributed by atoms with Gasteiger partial charge < -0.3 is 21.1 Å². The van der Waals surface area contributed by atoms with Gasteiger partial charge in [0.1, 0.15) is 19.2 Å². The molecule has 2 aromatic rings. The number of hydrogen-bond donors (Lipinski definition) is 3. The molecule has 0 aliphatic rings. The first-order valence-electron chi connectivity index (χ1n) is 8.61. The summed E-state index contributed by atoms with van der Waals surface area (Å²) in [5.74, 6) is -1.41. The summed E-state index contributed by atoms with van der Waals surface area (Å²) in [7, 11) is 0. The molecule has 2 aromatic carbocycles. The summed E-state index contributed by atoms with van der Waals surface area (Å²) in [6.45, 7) is -0.351. The molecule has 0 saturated carbocycles. The Morgan fingerprint density at radius 1 is 1.03 bits per heavy atom. The van der Waals surface area contributed by atoms with Crippen LogP contribution in [0.3, 0.4) is 0 Å². The van der Waals surface area contributed by atoms with E-state index < -0.39 is 35.4 Å². The third-order valence-electron chi connectivity index (χ3n) is 3.87. The van der Waals surface area contributed by atoms with E-state index in [1.54, 1.807) is 24.3 Å². The number of amides is 3. The van der Waals surface area contributed by atoms with Crippen LogP contribution in [-0.4, -0.2) is 35.4 Å². The number of non-ortho nitro benzene ring substituents is 1. The maximum atomic E-state index is 12.0. The maximum Gasteiger partial charge on any atom is 0.407 e. The molecule has 152 valence electrons. The summed E-state index contributed by atoms with van der Waals surface area (Å²) in [6.07, 6.45) is -0.729.